The lowest BCUT2D eigenvalue weighted by Gasteiger charge is -2.19. The van der Waals surface area contributed by atoms with Crippen molar-refractivity contribution in [2.75, 3.05) is 7.05 Å². The Morgan fingerprint density at radius 3 is 2.65 bits per heavy atom. The number of nitrogens with two attached hydrogens (primary N) is 1. The van der Waals surface area contributed by atoms with Crippen molar-refractivity contribution in [3.05, 3.63) is 16.1 Å². The maximum absolute atomic E-state index is 11.9. The van der Waals surface area contributed by atoms with Crippen LogP contribution in [0.5, 0.6) is 0 Å². The fourth-order valence-corrected chi connectivity index (χ4v) is 2.19. The van der Waals surface area contributed by atoms with Gasteiger partial charge in [-0.1, -0.05) is 0 Å². The summed E-state index contributed by atoms with van der Waals surface area (Å²) < 4.78 is 0. The summed E-state index contributed by atoms with van der Waals surface area (Å²) >= 11 is 7.22. The van der Waals surface area contributed by atoms with Crippen molar-refractivity contribution in [1.29, 1.82) is 0 Å². The number of carbonyl (C=O) groups excluding carboxylic acids is 1. The minimum Gasteiger partial charge on any atom is -0.334 e. The Morgan fingerprint density at radius 2 is 2.24 bits per heavy atom. The van der Waals surface area contributed by atoms with E-state index < -0.39 is 0 Å². The topological polar surface area (TPSA) is 80.0 Å². The average molecular weight is 277 g/mol. The maximum Gasteiger partial charge on any atom is 0.264 e. The lowest BCUT2D eigenvalue weighted by molar-refractivity contribution is 0.0934. The number of halogens is 1. The van der Waals surface area contributed by atoms with Crippen LogP contribution in [-0.4, -0.2) is 29.5 Å². The molecule has 3 atom stereocenters. The van der Waals surface area contributed by atoms with Crippen LogP contribution in [0, 0.1) is 0 Å². The van der Waals surface area contributed by atoms with Crippen LogP contribution in [0.3, 0.4) is 0 Å². The number of amides is 1. The Bertz CT molecular complexity index is 380. The summed E-state index contributed by atoms with van der Waals surface area (Å²) in [6.45, 7) is 3.64. The molecule has 5 nitrogen and oxygen atoms in total. The van der Waals surface area contributed by atoms with Crippen LogP contribution in [0.15, 0.2) is 6.20 Å². The molecule has 0 saturated carbocycles. The van der Waals surface area contributed by atoms with Crippen molar-refractivity contribution in [1.82, 2.24) is 15.6 Å². The molecule has 0 spiro atoms. The Morgan fingerprint density at radius 1 is 1.59 bits per heavy atom. The van der Waals surface area contributed by atoms with Crippen LogP contribution < -0.4 is 16.4 Å². The van der Waals surface area contributed by atoms with E-state index in [0.29, 0.717) is 4.88 Å². The normalized spacial score (nSPS) is 16.3. The second-order valence-corrected chi connectivity index (χ2v) is 5.52. The molecule has 4 N–H and O–H groups in total. The number of thiazole rings is 1. The molecule has 17 heavy (non-hydrogen) atoms. The molecule has 0 bridgehead atoms. The summed E-state index contributed by atoms with van der Waals surface area (Å²) in [6.07, 6.45) is 1.26. The molecule has 0 fully saturated rings. The molecule has 0 aromatic carbocycles. The van der Waals surface area contributed by atoms with Crippen molar-refractivity contribution >= 4 is 28.8 Å². The zero-order valence-electron chi connectivity index (χ0n) is 10.0. The van der Waals surface area contributed by atoms with Crippen LogP contribution in [-0.2, 0) is 0 Å². The third-order valence-corrected chi connectivity index (χ3v) is 3.64. The number of aromatic nitrogens is 1. The summed E-state index contributed by atoms with van der Waals surface area (Å²) in [7, 11) is 1.74. The number of nitrogens with one attached hydrogen (secondary N) is 2. The minimum atomic E-state index is -0.273. The average Bonchev–Trinajstić information content (AvgIpc) is 2.74. The van der Waals surface area contributed by atoms with Crippen molar-refractivity contribution in [3.8, 4) is 0 Å². The predicted octanol–water partition coefficient (Wildman–Crippen LogP) is 1.07. The van der Waals surface area contributed by atoms with Gasteiger partial charge in [0.25, 0.3) is 5.91 Å². The second-order valence-electron chi connectivity index (χ2n) is 3.77. The van der Waals surface area contributed by atoms with Gasteiger partial charge in [-0.15, -0.1) is 22.9 Å². The fraction of sp³-hybridized carbons (Fsp3) is 0.600. The molecule has 1 amide bonds. The van der Waals surface area contributed by atoms with Gasteiger partial charge in [-0.2, -0.15) is 0 Å². The number of carbonyl (C=O) groups is 1. The van der Waals surface area contributed by atoms with Gasteiger partial charge < -0.3 is 11.1 Å². The largest absolute Gasteiger partial charge is 0.334 e. The van der Waals surface area contributed by atoms with Crippen LogP contribution in [0.25, 0.3) is 0 Å². The molecule has 7 heteroatoms. The molecule has 1 aromatic heterocycles. The highest BCUT2D eigenvalue weighted by molar-refractivity contribution is 7.13. The van der Waals surface area contributed by atoms with E-state index in [1.807, 2.05) is 13.8 Å². The Kier molecular flexibility index (Phi) is 5.32. The first-order chi connectivity index (χ1) is 7.95. The van der Waals surface area contributed by atoms with E-state index in [4.69, 9.17) is 17.3 Å². The van der Waals surface area contributed by atoms with E-state index in [9.17, 15) is 4.79 Å². The highest BCUT2D eigenvalue weighted by atomic mass is 35.5. The Balaban J connectivity index is 2.69. The van der Waals surface area contributed by atoms with Crippen LogP contribution in [0.2, 0.25) is 0 Å². The monoisotopic (exact) mass is 276 g/mol. The zero-order valence-corrected chi connectivity index (χ0v) is 11.6. The quantitative estimate of drug-likeness (QED) is 0.555. The van der Waals surface area contributed by atoms with Crippen molar-refractivity contribution in [2.45, 2.75) is 31.4 Å². The molecule has 1 rings (SSSR count). The van der Waals surface area contributed by atoms with Gasteiger partial charge in [-0.25, -0.2) is 4.98 Å². The lowest BCUT2D eigenvalue weighted by Crippen LogP contribution is -2.48. The van der Waals surface area contributed by atoms with Crippen LogP contribution in [0.1, 0.15) is 34.6 Å². The van der Waals surface area contributed by atoms with Crippen molar-refractivity contribution in [3.63, 3.8) is 0 Å². The summed E-state index contributed by atoms with van der Waals surface area (Å²) in [6, 6.07) is -0.159. The molecule has 0 aliphatic rings. The smallest absolute Gasteiger partial charge is 0.264 e. The van der Waals surface area contributed by atoms with Crippen molar-refractivity contribution in [2.24, 2.45) is 5.73 Å². The number of rotatable bonds is 5. The predicted molar refractivity (Wildman–Crippen MR) is 70.3 cm³/mol. The number of hydrogen-bond donors (Lipinski definition) is 3. The molecule has 96 valence electrons. The van der Waals surface area contributed by atoms with Gasteiger partial charge in [0.15, 0.2) is 0 Å². The summed E-state index contributed by atoms with van der Waals surface area (Å²) in [4.78, 5) is 16.5. The van der Waals surface area contributed by atoms with E-state index in [0.717, 1.165) is 5.01 Å². The maximum atomic E-state index is 11.9. The third kappa shape index (κ3) is 3.92. The third-order valence-electron chi connectivity index (χ3n) is 2.19. The first-order valence-electron chi connectivity index (χ1n) is 5.29. The molecule has 0 aliphatic heterocycles. The van der Waals surface area contributed by atoms with E-state index in [-0.39, 0.29) is 23.5 Å². The van der Waals surface area contributed by atoms with Gasteiger partial charge in [-0.3, -0.25) is 10.1 Å². The molecule has 1 heterocycles. The van der Waals surface area contributed by atoms with E-state index in [1.54, 1.807) is 7.05 Å². The molecule has 1 unspecified atom stereocenters. The molecular weight excluding hydrogens is 260 g/mol. The SMILES string of the molecule is CNC(NC(=O)c1cnc([C@@H](C)N)s1)[C@@H](C)Cl. The van der Waals surface area contributed by atoms with E-state index >= 15 is 0 Å². The number of alkyl halides is 1. The van der Waals surface area contributed by atoms with Gasteiger partial charge in [0.2, 0.25) is 0 Å². The number of hydrogen-bond acceptors (Lipinski definition) is 5. The summed E-state index contributed by atoms with van der Waals surface area (Å²) in [5.74, 6) is -0.193. The molecule has 0 aliphatic carbocycles. The van der Waals surface area contributed by atoms with Gasteiger partial charge in [0.05, 0.1) is 23.8 Å². The van der Waals surface area contributed by atoms with Gasteiger partial charge in [0, 0.05) is 0 Å². The highest BCUT2D eigenvalue weighted by Crippen LogP contribution is 2.18. The molecule has 0 radical (unpaired) electrons. The first kappa shape index (κ1) is 14.4. The summed E-state index contributed by atoms with van der Waals surface area (Å²) in [5.41, 5.74) is 5.69. The summed E-state index contributed by atoms with van der Waals surface area (Å²) in [5, 5.41) is 6.25. The van der Waals surface area contributed by atoms with Gasteiger partial charge >= 0.3 is 0 Å². The molecule has 0 saturated heterocycles. The number of nitrogens with zero attached hydrogens (tertiary/aromatic N) is 1. The zero-order chi connectivity index (χ0) is 13.0. The van der Waals surface area contributed by atoms with Gasteiger partial charge in [-0.05, 0) is 20.9 Å². The Hall–Kier alpha value is -0.690. The molecular formula is C10H17ClN4OS. The Labute approximate surface area is 110 Å². The van der Waals surface area contributed by atoms with E-state index in [1.165, 1.54) is 17.5 Å². The van der Waals surface area contributed by atoms with Crippen LogP contribution in [0.4, 0.5) is 0 Å². The molecule has 1 aromatic rings. The lowest BCUT2D eigenvalue weighted by atomic mass is 10.3. The minimum absolute atomic E-state index is 0.159. The van der Waals surface area contributed by atoms with Crippen molar-refractivity contribution < 1.29 is 4.79 Å². The van der Waals surface area contributed by atoms with E-state index in [2.05, 4.69) is 15.6 Å². The van der Waals surface area contributed by atoms with Crippen LogP contribution >= 0.6 is 22.9 Å². The highest BCUT2D eigenvalue weighted by Gasteiger charge is 2.18. The standard InChI is InChI=1S/C10H17ClN4OS/c1-5(11)8(13-3)15-9(16)7-4-14-10(17-7)6(2)12/h4-6,8,13H,12H2,1-3H3,(H,15,16)/t5-,6-,8?/m1/s1. The first-order valence-corrected chi connectivity index (χ1v) is 6.54. The fourth-order valence-electron chi connectivity index (χ4n) is 1.23. The van der Waals surface area contributed by atoms with Gasteiger partial charge in [0.1, 0.15) is 9.88 Å². The second kappa shape index (κ2) is 6.30.